The van der Waals surface area contributed by atoms with Crippen molar-refractivity contribution in [2.24, 2.45) is 5.84 Å². The van der Waals surface area contributed by atoms with Crippen LogP contribution in [0.2, 0.25) is 0 Å². The van der Waals surface area contributed by atoms with Crippen LogP contribution >= 0.6 is 0 Å². The van der Waals surface area contributed by atoms with Gasteiger partial charge in [0.1, 0.15) is 6.61 Å². The lowest BCUT2D eigenvalue weighted by Crippen LogP contribution is -2.30. The SMILES string of the molecule is COc1ccccc1OCc1occc1C(=O)NN. The first kappa shape index (κ1) is 13.0. The zero-order valence-corrected chi connectivity index (χ0v) is 10.4. The number of rotatable bonds is 5. The molecule has 1 aromatic carbocycles. The lowest BCUT2D eigenvalue weighted by Gasteiger charge is -2.09. The Morgan fingerprint density at radius 2 is 2.05 bits per heavy atom. The Labute approximate surface area is 110 Å². The van der Waals surface area contributed by atoms with Crippen LogP contribution in [0, 0.1) is 0 Å². The van der Waals surface area contributed by atoms with E-state index in [9.17, 15) is 4.79 Å². The molecule has 0 saturated heterocycles. The maximum absolute atomic E-state index is 11.5. The quantitative estimate of drug-likeness (QED) is 0.484. The van der Waals surface area contributed by atoms with Gasteiger partial charge in [0.2, 0.25) is 0 Å². The first-order chi connectivity index (χ1) is 9.26. The predicted molar refractivity (Wildman–Crippen MR) is 67.7 cm³/mol. The van der Waals surface area contributed by atoms with Gasteiger partial charge in [-0.05, 0) is 18.2 Å². The second kappa shape index (κ2) is 5.92. The van der Waals surface area contributed by atoms with E-state index < -0.39 is 5.91 Å². The van der Waals surface area contributed by atoms with E-state index in [-0.39, 0.29) is 6.61 Å². The number of hydrogen-bond acceptors (Lipinski definition) is 5. The third-order valence-electron chi connectivity index (χ3n) is 2.55. The third kappa shape index (κ3) is 2.86. The average Bonchev–Trinajstić information content (AvgIpc) is 2.93. The number of methoxy groups -OCH3 is 1. The summed E-state index contributed by atoms with van der Waals surface area (Å²) in [6.45, 7) is 0.107. The summed E-state index contributed by atoms with van der Waals surface area (Å²) in [6, 6.07) is 8.75. The van der Waals surface area contributed by atoms with Crippen LogP contribution in [0.1, 0.15) is 16.1 Å². The number of hydrogen-bond donors (Lipinski definition) is 2. The normalized spacial score (nSPS) is 10.0. The molecule has 0 saturated carbocycles. The number of benzene rings is 1. The van der Waals surface area contributed by atoms with Crippen molar-refractivity contribution in [3.05, 3.63) is 47.9 Å². The lowest BCUT2D eigenvalue weighted by atomic mass is 10.2. The molecule has 2 rings (SSSR count). The molecule has 0 radical (unpaired) electrons. The summed E-state index contributed by atoms with van der Waals surface area (Å²) in [4.78, 5) is 11.5. The summed E-state index contributed by atoms with van der Waals surface area (Å²) in [7, 11) is 1.56. The van der Waals surface area contributed by atoms with Gasteiger partial charge in [-0.15, -0.1) is 0 Å². The van der Waals surface area contributed by atoms with E-state index in [1.807, 2.05) is 17.6 Å². The number of nitrogens with two attached hydrogens (primary N) is 1. The monoisotopic (exact) mass is 262 g/mol. The number of hydrazine groups is 1. The Hall–Kier alpha value is -2.47. The van der Waals surface area contributed by atoms with Crippen molar-refractivity contribution in [2.45, 2.75) is 6.61 Å². The van der Waals surface area contributed by atoms with Gasteiger partial charge in [-0.25, -0.2) is 5.84 Å². The van der Waals surface area contributed by atoms with Crippen molar-refractivity contribution in [1.29, 1.82) is 0 Å². The summed E-state index contributed by atoms with van der Waals surface area (Å²) >= 11 is 0. The molecule has 6 nitrogen and oxygen atoms in total. The smallest absolute Gasteiger partial charge is 0.268 e. The van der Waals surface area contributed by atoms with E-state index in [0.717, 1.165) is 0 Å². The van der Waals surface area contributed by atoms with Gasteiger partial charge in [0.05, 0.1) is 18.9 Å². The average molecular weight is 262 g/mol. The largest absolute Gasteiger partial charge is 0.493 e. The summed E-state index contributed by atoms with van der Waals surface area (Å²) in [5, 5.41) is 0. The van der Waals surface area contributed by atoms with E-state index in [1.54, 1.807) is 19.2 Å². The molecule has 0 bridgehead atoms. The molecule has 2 aromatic rings. The highest BCUT2D eigenvalue weighted by Crippen LogP contribution is 2.27. The van der Waals surface area contributed by atoms with Crippen molar-refractivity contribution >= 4 is 5.91 Å². The van der Waals surface area contributed by atoms with E-state index >= 15 is 0 Å². The molecule has 1 amide bonds. The van der Waals surface area contributed by atoms with Gasteiger partial charge in [0.15, 0.2) is 17.3 Å². The first-order valence-corrected chi connectivity index (χ1v) is 5.59. The summed E-state index contributed by atoms with van der Waals surface area (Å²) in [5.74, 6) is 6.24. The van der Waals surface area contributed by atoms with Crippen LogP contribution in [-0.4, -0.2) is 13.0 Å². The highest BCUT2D eigenvalue weighted by Gasteiger charge is 2.14. The molecule has 100 valence electrons. The molecule has 0 aliphatic heterocycles. The number of nitrogens with one attached hydrogen (secondary N) is 1. The summed E-state index contributed by atoms with van der Waals surface area (Å²) < 4.78 is 15.9. The van der Waals surface area contributed by atoms with Gasteiger partial charge in [0.25, 0.3) is 5.91 Å². The summed E-state index contributed by atoms with van der Waals surface area (Å²) in [5.41, 5.74) is 2.39. The van der Waals surface area contributed by atoms with Gasteiger partial charge in [0, 0.05) is 0 Å². The first-order valence-electron chi connectivity index (χ1n) is 5.59. The zero-order chi connectivity index (χ0) is 13.7. The van der Waals surface area contributed by atoms with Crippen molar-refractivity contribution in [3.8, 4) is 11.5 Å². The fourth-order valence-corrected chi connectivity index (χ4v) is 1.61. The molecule has 19 heavy (non-hydrogen) atoms. The van der Waals surface area contributed by atoms with Gasteiger partial charge in [-0.1, -0.05) is 12.1 Å². The van der Waals surface area contributed by atoms with Gasteiger partial charge in [-0.2, -0.15) is 0 Å². The van der Waals surface area contributed by atoms with Gasteiger partial charge in [-0.3, -0.25) is 10.2 Å². The number of amides is 1. The maximum Gasteiger partial charge on any atom is 0.268 e. The van der Waals surface area contributed by atoms with E-state index in [4.69, 9.17) is 19.7 Å². The van der Waals surface area contributed by atoms with Crippen LogP contribution in [0.3, 0.4) is 0 Å². The van der Waals surface area contributed by atoms with Crippen LogP contribution < -0.4 is 20.7 Å². The molecule has 0 spiro atoms. The van der Waals surface area contributed by atoms with Crippen molar-refractivity contribution in [3.63, 3.8) is 0 Å². The fraction of sp³-hybridized carbons (Fsp3) is 0.154. The molecule has 0 aliphatic carbocycles. The summed E-state index contributed by atoms with van der Waals surface area (Å²) in [6.07, 6.45) is 1.41. The van der Waals surface area contributed by atoms with Crippen LogP contribution in [-0.2, 0) is 6.61 Å². The minimum atomic E-state index is -0.424. The Balaban J connectivity index is 2.11. The molecule has 0 aliphatic rings. The van der Waals surface area contributed by atoms with Crippen LogP contribution in [0.25, 0.3) is 0 Å². The molecular weight excluding hydrogens is 248 g/mol. The molecule has 6 heteroatoms. The molecule has 0 fully saturated rings. The number of carbonyl (C=O) groups is 1. The number of carbonyl (C=O) groups excluding carboxylic acids is 1. The number of para-hydroxylation sites is 2. The maximum atomic E-state index is 11.5. The number of nitrogen functional groups attached to an aromatic ring is 1. The minimum absolute atomic E-state index is 0.107. The van der Waals surface area contributed by atoms with Crippen LogP contribution in [0.4, 0.5) is 0 Å². The Bertz CT molecular complexity index is 565. The van der Waals surface area contributed by atoms with E-state index in [1.165, 1.54) is 12.3 Å². The van der Waals surface area contributed by atoms with Crippen molar-refractivity contribution in [1.82, 2.24) is 5.43 Å². The molecule has 0 atom stereocenters. The lowest BCUT2D eigenvalue weighted by molar-refractivity contribution is 0.0949. The Morgan fingerprint density at radius 1 is 1.32 bits per heavy atom. The minimum Gasteiger partial charge on any atom is -0.493 e. The second-order valence-electron chi connectivity index (χ2n) is 3.67. The predicted octanol–water partition coefficient (Wildman–Crippen LogP) is 1.47. The molecular formula is C13H14N2O4. The number of ether oxygens (including phenoxy) is 2. The highest BCUT2D eigenvalue weighted by molar-refractivity contribution is 5.94. The molecule has 3 N–H and O–H groups in total. The van der Waals surface area contributed by atoms with E-state index in [0.29, 0.717) is 22.8 Å². The van der Waals surface area contributed by atoms with Gasteiger partial charge < -0.3 is 13.9 Å². The number of furan rings is 1. The fourth-order valence-electron chi connectivity index (χ4n) is 1.61. The topological polar surface area (TPSA) is 86.7 Å². The van der Waals surface area contributed by atoms with Gasteiger partial charge >= 0.3 is 0 Å². The highest BCUT2D eigenvalue weighted by atomic mass is 16.5. The van der Waals surface area contributed by atoms with Crippen molar-refractivity contribution < 1.29 is 18.7 Å². The zero-order valence-electron chi connectivity index (χ0n) is 10.4. The third-order valence-corrected chi connectivity index (χ3v) is 2.55. The van der Waals surface area contributed by atoms with Crippen LogP contribution in [0.15, 0.2) is 41.0 Å². The molecule has 0 unspecified atom stereocenters. The second-order valence-corrected chi connectivity index (χ2v) is 3.67. The standard InChI is InChI=1S/C13H14N2O4/c1-17-10-4-2-3-5-11(10)19-8-12-9(6-7-18-12)13(16)15-14/h2-7H,8,14H2,1H3,(H,15,16). The molecule has 1 aromatic heterocycles. The van der Waals surface area contributed by atoms with E-state index in [2.05, 4.69) is 0 Å². The van der Waals surface area contributed by atoms with Crippen LogP contribution in [0.5, 0.6) is 11.5 Å². The Kier molecular flexibility index (Phi) is 4.04. The molecule has 1 heterocycles. The Morgan fingerprint density at radius 3 is 2.74 bits per heavy atom. The van der Waals surface area contributed by atoms with Crippen molar-refractivity contribution in [2.75, 3.05) is 7.11 Å².